The molecule has 1 N–H and O–H groups in total. The number of benzene rings is 1. The molecule has 2 saturated heterocycles. The molecule has 10 heteroatoms. The van der Waals surface area contributed by atoms with E-state index in [9.17, 15) is 18.0 Å². The van der Waals surface area contributed by atoms with Crippen molar-refractivity contribution in [2.24, 2.45) is 5.92 Å². The summed E-state index contributed by atoms with van der Waals surface area (Å²) in [7, 11) is -2.05. The van der Waals surface area contributed by atoms with E-state index in [0.717, 1.165) is 12.8 Å². The molecule has 3 rings (SSSR count). The van der Waals surface area contributed by atoms with Crippen molar-refractivity contribution in [1.82, 2.24) is 14.5 Å². The van der Waals surface area contributed by atoms with Crippen LogP contribution in [0.15, 0.2) is 29.2 Å². The Bertz CT molecular complexity index is 934. The Labute approximate surface area is 196 Å². The lowest BCUT2D eigenvalue weighted by atomic mass is 9.96. The van der Waals surface area contributed by atoms with Gasteiger partial charge >= 0.3 is 6.09 Å². The van der Waals surface area contributed by atoms with Gasteiger partial charge in [-0.25, -0.2) is 13.2 Å². The summed E-state index contributed by atoms with van der Waals surface area (Å²) in [6, 6.07) is 6.26. The molecule has 2 aliphatic rings. The Morgan fingerprint density at radius 3 is 2.24 bits per heavy atom. The second-order valence-electron chi connectivity index (χ2n) is 9.63. The number of carbonyl (C=O) groups excluding carboxylic acids is 2. The van der Waals surface area contributed by atoms with Crippen molar-refractivity contribution in [1.29, 1.82) is 0 Å². The molecule has 0 aliphatic carbocycles. The molecule has 33 heavy (non-hydrogen) atoms. The van der Waals surface area contributed by atoms with Crippen molar-refractivity contribution in [3.8, 4) is 5.75 Å². The van der Waals surface area contributed by atoms with E-state index in [-0.39, 0.29) is 22.8 Å². The Balaban J connectivity index is 1.51. The van der Waals surface area contributed by atoms with E-state index in [1.54, 1.807) is 29.2 Å². The minimum atomic E-state index is -3.58. The van der Waals surface area contributed by atoms with E-state index in [1.165, 1.54) is 11.4 Å². The largest absolute Gasteiger partial charge is 0.497 e. The Morgan fingerprint density at radius 1 is 1.03 bits per heavy atom. The van der Waals surface area contributed by atoms with Crippen LogP contribution in [0.3, 0.4) is 0 Å². The van der Waals surface area contributed by atoms with E-state index >= 15 is 0 Å². The number of hydrogen-bond donors (Lipinski definition) is 1. The van der Waals surface area contributed by atoms with E-state index in [1.807, 2.05) is 20.8 Å². The van der Waals surface area contributed by atoms with Crippen LogP contribution >= 0.6 is 0 Å². The zero-order valence-corrected chi connectivity index (χ0v) is 20.7. The van der Waals surface area contributed by atoms with Gasteiger partial charge in [-0.3, -0.25) is 4.79 Å². The molecule has 1 aromatic carbocycles. The fourth-order valence-corrected chi connectivity index (χ4v) is 5.61. The van der Waals surface area contributed by atoms with Crippen molar-refractivity contribution >= 4 is 22.0 Å². The Kier molecular flexibility index (Phi) is 7.89. The maximum atomic E-state index is 12.9. The van der Waals surface area contributed by atoms with E-state index < -0.39 is 21.7 Å². The molecule has 2 heterocycles. The molecule has 1 unspecified atom stereocenters. The lowest BCUT2D eigenvalue weighted by Gasteiger charge is -2.35. The number of carbonyl (C=O) groups is 2. The number of likely N-dealkylation sites (tertiary alicyclic amines) is 1. The SMILES string of the molecule is COc1ccc(S(=O)(=O)N2CCC(NC(=O)C3CCCN(C(=O)OC(C)(C)C)C3)CC2)cc1. The van der Waals surface area contributed by atoms with Gasteiger partial charge in [0.15, 0.2) is 0 Å². The summed E-state index contributed by atoms with van der Waals surface area (Å²) in [5.74, 6) is 0.232. The zero-order chi connectivity index (χ0) is 24.2. The number of rotatable bonds is 5. The van der Waals surface area contributed by atoms with Gasteiger partial charge in [-0.15, -0.1) is 0 Å². The molecule has 2 aliphatic heterocycles. The monoisotopic (exact) mass is 481 g/mol. The van der Waals surface area contributed by atoms with E-state index in [4.69, 9.17) is 9.47 Å². The lowest BCUT2D eigenvalue weighted by molar-refractivity contribution is -0.127. The first kappa shape index (κ1) is 25.3. The number of hydrogen-bond acceptors (Lipinski definition) is 6. The predicted octanol–water partition coefficient (Wildman–Crippen LogP) is 2.61. The van der Waals surface area contributed by atoms with Crippen molar-refractivity contribution in [2.75, 3.05) is 33.3 Å². The predicted molar refractivity (Wildman–Crippen MR) is 123 cm³/mol. The summed E-state index contributed by atoms with van der Waals surface area (Å²) in [6.07, 6.45) is 2.16. The highest BCUT2D eigenvalue weighted by Gasteiger charge is 2.34. The minimum Gasteiger partial charge on any atom is -0.497 e. The summed E-state index contributed by atoms with van der Waals surface area (Å²) in [5.41, 5.74) is -0.577. The first-order chi connectivity index (χ1) is 15.5. The van der Waals surface area contributed by atoms with Crippen LogP contribution in [0.25, 0.3) is 0 Å². The van der Waals surface area contributed by atoms with Gasteiger partial charge in [0.1, 0.15) is 11.4 Å². The van der Waals surface area contributed by atoms with Crippen molar-refractivity contribution in [3.63, 3.8) is 0 Å². The minimum absolute atomic E-state index is 0.0836. The van der Waals surface area contributed by atoms with Gasteiger partial charge in [0.2, 0.25) is 15.9 Å². The third kappa shape index (κ3) is 6.60. The number of piperidine rings is 2. The number of methoxy groups -OCH3 is 1. The highest BCUT2D eigenvalue weighted by atomic mass is 32.2. The molecule has 0 spiro atoms. The van der Waals surface area contributed by atoms with Crippen LogP contribution in [0.2, 0.25) is 0 Å². The fourth-order valence-electron chi connectivity index (χ4n) is 4.14. The molecule has 0 bridgehead atoms. The van der Waals surface area contributed by atoms with Gasteiger partial charge in [-0.05, 0) is 70.7 Å². The fraction of sp³-hybridized carbons (Fsp3) is 0.652. The highest BCUT2D eigenvalue weighted by molar-refractivity contribution is 7.89. The standard InChI is InChI=1S/C23H35N3O6S/c1-23(2,3)32-22(28)25-13-5-6-17(16-25)21(27)24-18-11-14-26(15-12-18)33(29,30)20-9-7-19(31-4)8-10-20/h7-10,17-18H,5-6,11-16H2,1-4H3,(H,24,27). The third-order valence-electron chi connectivity index (χ3n) is 5.94. The van der Waals surface area contributed by atoms with Gasteiger partial charge in [0.05, 0.1) is 17.9 Å². The molecular formula is C23H35N3O6S. The molecule has 0 radical (unpaired) electrons. The Hall–Kier alpha value is -2.33. The van der Waals surface area contributed by atoms with Crippen LogP contribution in [-0.4, -0.2) is 74.6 Å². The van der Waals surface area contributed by atoms with Crippen LogP contribution in [0.1, 0.15) is 46.5 Å². The molecule has 0 aromatic heterocycles. The summed E-state index contributed by atoms with van der Waals surface area (Å²) in [6.45, 7) is 7.06. The molecule has 1 atom stereocenters. The first-order valence-corrected chi connectivity index (χ1v) is 12.9. The average molecular weight is 482 g/mol. The van der Waals surface area contributed by atoms with E-state index in [0.29, 0.717) is 44.8 Å². The summed E-state index contributed by atoms with van der Waals surface area (Å²) in [5, 5.41) is 3.07. The number of nitrogens with one attached hydrogen (secondary N) is 1. The van der Waals surface area contributed by atoms with Gasteiger partial charge in [-0.2, -0.15) is 4.31 Å². The third-order valence-corrected chi connectivity index (χ3v) is 7.85. The van der Waals surface area contributed by atoms with E-state index in [2.05, 4.69) is 5.32 Å². The average Bonchev–Trinajstić information content (AvgIpc) is 2.78. The van der Waals surface area contributed by atoms with Crippen LogP contribution in [-0.2, 0) is 19.6 Å². The number of ether oxygens (including phenoxy) is 2. The molecule has 184 valence electrons. The van der Waals surface area contributed by atoms with Crippen LogP contribution in [0.5, 0.6) is 5.75 Å². The normalized spacial score (nSPS) is 20.8. The molecule has 2 amide bonds. The number of nitrogens with zero attached hydrogens (tertiary/aromatic N) is 2. The molecular weight excluding hydrogens is 446 g/mol. The highest BCUT2D eigenvalue weighted by Crippen LogP contribution is 2.24. The van der Waals surface area contributed by atoms with Crippen LogP contribution < -0.4 is 10.1 Å². The van der Waals surface area contributed by atoms with Crippen molar-refractivity contribution < 1.29 is 27.5 Å². The quantitative estimate of drug-likeness (QED) is 0.693. The van der Waals surface area contributed by atoms with Crippen LogP contribution in [0.4, 0.5) is 4.79 Å². The Morgan fingerprint density at radius 2 is 1.67 bits per heavy atom. The molecule has 0 saturated carbocycles. The maximum Gasteiger partial charge on any atom is 0.410 e. The second-order valence-corrected chi connectivity index (χ2v) is 11.6. The molecule has 9 nitrogen and oxygen atoms in total. The van der Waals surface area contributed by atoms with Crippen molar-refractivity contribution in [2.45, 2.75) is 63.0 Å². The van der Waals surface area contributed by atoms with Gasteiger partial charge < -0.3 is 19.7 Å². The topological polar surface area (TPSA) is 105 Å². The van der Waals surface area contributed by atoms with Gasteiger partial charge in [-0.1, -0.05) is 0 Å². The number of sulfonamides is 1. The number of amides is 2. The first-order valence-electron chi connectivity index (χ1n) is 11.4. The van der Waals surface area contributed by atoms with Crippen molar-refractivity contribution in [3.05, 3.63) is 24.3 Å². The lowest BCUT2D eigenvalue weighted by Crippen LogP contribution is -2.51. The van der Waals surface area contributed by atoms with Gasteiger partial charge in [0.25, 0.3) is 0 Å². The smallest absolute Gasteiger partial charge is 0.410 e. The van der Waals surface area contributed by atoms with Gasteiger partial charge in [0, 0.05) is 32.2 Å². The molecule has 2 fully saturated rings. The van der Waals surface area contributed by atoms with Crippen LogP contribution in [0, 0.1) is 5.92 Å². The second kappa shape index (κ2) is 10.3. The zero-order valence-electron chi connectivity index (χ0n) is 19.9. The summed E-state index contributed by atoms with van der Waals surface area (Å²) < 4.78 is 37.8. The summed E-state index contributed by atoms with van der Waals surface area (Å²) >= 11 is 0. The summed E-state index contributed by atoms with van der Waals surface area (Å²) in [4.78, 5) is 27.0. The maximum absolute atomic E-state index is 12.9. The molecule has 1 aromatic rings.